The molecule has 0 bridgehead atoms. The van der Waals surface area contributed by atoms with Gasteiger partial charge in [-0.1, -0.05) is 24.3 Å². The zero-order valence-electron chi connectivity index (χ0n) is 17.8. The van der Waals surface area contributed by atoms with Crippen molar-refractivity contribution in [2.45, 2.75) is 44.4 Å². The molecule has 0 atom stereocenters. The van der Waals surface area contributed by atoms with Gasteiger partial charge in [0.2, 0.25) is 4.96 Å². The lowest BCUT2D eigenvalue weighted by molar-refractivity contribution is -0.139. The van der Waals surface area contributed by atoms with Crippen LogP contribution in [0.4, 0.5) is 13.2 Å². The quantitative estimate of drug-likeness (QED) is 0.586. The van der Waals surface area contributed by atoms with Crippen LogP contribution in [0, 0.1) is 12.3 Å². The molecule has 1 aromatic carbocycles. The number of hydrogen-bond acceptors (Lipinski definition) is 7. The Hall–Kier alpha value is -2.02. The van der Waals surface area contributed by atoms with Gasteiger partial charge in [-0.3, -0.25) is 0 Å². The first-order valence-electron chi connectivity index (χ1n) is 9.72. The molecule has 32 heavy (non-hydrogen) atoms. The number of aryl methyl sites for hydroxylation is 1. The second-order valence-corrected chi connectivity index (χ2v) is 11.9. The van der Waals surface area contributed by atoms with Crippen molar-refractivity contribution in [3.05, 3.63) is 34.5 Å². The van der Waals surface area contributed by atoms with E-state index >= 15 is 0 Å². The molecule has 2 aromatic heterocycles. The van der Waals surface area contributed by atoms with Crippen LogP contribution in [0.1, 0.15) is 37.0 Å². The highest BCUT2D eigenvalue weighted by Gasteiger charge is 2.43. The molecule has 3 aromatic rings. The van der Waals surface area contributed by atoms with E-state index < -0.39 is 43.2 Å². The van der Waals surface area contributed by atoms with Crippen LogP contribution in [0.15, 0.2) is 23.1 Å². The Morgan fingerprint density at radius 2 is 1.94 bits per heavy atom. The molecule has 174 valence electrons. The number of hydrogen-bond donors (Lipinski definition) is 1. The Morgan fingerprint density at radius 1 is 1.28 bits per heavy atom. The summed E-state index contributed by atoms with van der Waals surface area (Å²) < 4.78 is 73.8. The Bertz CT molecular complexity index is 1300. The smallest absolute Gasteiger partial charge is 0.383 e. The van der Waals surface area contributed by atoms with Gasteiger partial charge in [-0.2, -0.15) is 18.3 Å². The summed E-state index contributed by atoms with van der Waals surface area (Å²) in [6.45, 7) is 6.81. The zero-order valence-corrected chi connectivity index (χ0v) is 19.5. The fraction of sp³-hybridized carbons (Fsp3) is 0.500. The Labute approximate surface area is 186 Å². The van der Waals surface area contributed by atoms with Crippen molar-refractivity contribution >= 4 is 26.1 Å². The standard InChI is InChI=1S/C20H22F3N3O4S2/c1-11-15(26-17(24-11)31-16(25-26)18(2,3)27)12-5-6-13(20(21,22)23)14(7-12)32(28,29)10-19(4)8-30-9-19/h5-7,27H,8-10H2,1-4H3. The zero-order chi connectivity index (χ0) is 23.7. The van der Waals surface area contributed by atoms with Crippen molar-refractivity contribution in [3.8, 4) is 11.3 Å². The van der Waals surface area contributed by atoms with Gasteiger partial charge in [-0.15, -0.1) is 0 Å². The normalized spacial score (nSPS) is 17.0. The van der Waals surface area contributed by atoms with Crippen LogP contribution >= 0.6 is 11.3 Å². The Morgan fingerprint density at radius 3 is 2.47 bits per heavy atom. The number of aromatic nitrogens is 3. The maximum atomic E-state index is 13.7. The average molecular weight is 490 g/mol. The fourth-order valence-corrected chi connectivity index (χ4v) is 6.67. The minimum Gasteiger partial charge on any atom is -0.383 e. The summed E-state index contributed by atoms with van der Waals surface area (Å²) in [5, 5.41) is 15.0. The van der Waals surface area contributed by atoms with Gasteiger partial charge >= 0.3 is 6.18 Å². The van der Waals surface area contributed by atoms with E-state index in [9.17, 15) is 26.7 Å². The first kappa shape index (κ1) is 23.1. The van der Waals surface area contributed by atoms with Gasteiger partial charge in [-0.25, -0.2) is 17.9 Å². The summed E-state index contributed by atoms with van der Waals surface area (Å²) >= 11 is 1.15. The summed E-state index contributed by atoms with van der Waals surface area (Å²) in [5.41, 5.74) is -2.08. The number of nitrogens with zero attached hydrogens (tertiary/aromatic N) is 3. The molecule has 0 unspecified atom stereocenters. The van der Waals surface area contributed by atoms with Crippen LogP contribution in [0.25, 0.3) is 16.2 Å². The maximum Gasteiger partial charge on any atom is 0.417 e. The van der Waals surface area contributed by atoms with Crippen molar-refractivity contribution in [1.29, 1.82) is 0 Å². The molecule has 12 heteroatoms. The van der Waals surface area contributed by atoms with Gasteiger partial charge in [0.05, 0.1) is 40.8 Å². The number of halogens is 3. The van der Waals surface area contributed by atoms with E-state index in [-0.39, 0.29) is 18.8 Å². The van der Waals surface area contributed by atoms with Gasteiger partial charge in [0, 0.05) is 11.0 Å². The van der Waals surface area contributed by atoms with Crippen molar-refractivity contribution in [2.75, 3.05) is 19.0 Å². The SMILES string of the molecule is Cc1nc2sc(C(C)(C)O)nn2c1-c1ccc(C(F)(F)F)c(S(=O)(=O)CC2(C)COC2)c1. The Balaban J connectivity index is 1.89. The van der Waals surface area contributed by atoms with E-state index in [1.807, 2.05) is 0 Å². The van der Waals surface area contributed by atoms with Gasteiger partial charge in [-0.05, 0) is 32.9 Å². The molecule has 0 amide bonds. The molecule has 1 aliphatic heterocycles. The molecule has 0 aliphatic carbocycles. The second-order valence-electron chi connectivity index (χ2n) is 8.98. The van der Waals surface area contributed by atoms with Crippen molar-refractivity contribution in [2.24, 2.45) is 5.41 Å². The van der Waals surface area contributed by atoms with E-state index in [1.165, 1.54) is 10.6 Å². The molecule has 1 aliphatic rings. The van der Waals surface area contributed by atoms with Gasteiger partial charge < -0.3 is 9.84 Å². The van der Waals surface area contributed by atoms with Crippen molar-refractivity contribution < 1.29 is 31.4 Å². The predicted molar refractivity (Wildman–Crippen MR) is 112 cm³/mol. The molecule has 0 spiro atoms. The van der Waals surface area contributed by atoms with Crippen LogP contribution in [0.5, 0.6) is 0 Å². The van der Waals surface area contributed by atoms with E-state index in [0.717, 1.165) is 23.5 Å². The summed E-state index contributed by atoms with van der Waals surface area (Å²) in [6.07, 6.45) is -4.84. The molecule has 7 nitrogen and oxygen atoms in total. The molecule has 1 saturated heterocycles. The minimum absolute atomic E-state index is 0.175. The third-order valence-electron chi connectivity index (χ3n) is 5.24. The largest absolute Gasteiger partial charge is 0.417 e. The molecule has 1 fully saturated rings. The van der Waals surface area contributed by atoms with E-state index in [2.05, 4.69) is 10.1 Å². The van der Waals surface area contributed by atoms with Gasteiger partial charge in [0.15, 0.2) is 9.84 Å². The van der Waals surface area contributed by atoms with Crippen LogP contribution < -0.4 is 0 Å². The average Bonchev–Trinajstić information content (AvgIpc) is 3.15. The Kier molecular flexibility index (Phi) is 5.24. The lowest BCUT2D eigenvalue weighted by Crippen LogP contribution is -2.45. The number of rotatable bonds is 5. The highest BCUT2D eigenvalue weighted by molar-refractivity contribution is 7.91. The van der Waals surface area contributed by atoms with Crippen molar-refractivity contribution in [3.63, 3.8) is 0 Å². The number of fused-ring (bicyclic) bond motifs is 1. The van der Waals surface area contributed by atoms with Crippen LogP contribution in [-0.4, -0.2) is 47.1 Å². The molecule has 0 saturated carbocycles. The van der Waals surface area contributed by atoms with Crippen molar-refractivity contribution in [1.82, 2.24) is 14.6 Å². The highest BCUT2D eigenvalue weighted by atomic mass is 32.2. The van der Waals surface area contributed by atoms with E-state index in [0.29, 0.717) is 21.4 Å². The number of aliphatic hydroxyl groups is 1. The summed E-state index contributed by atoms with van der Waals surface area (Å²) in [5.74, 6) is -0.452. The predicted octanol–water partition coefficient (Wildman–Crippen LogP) is 3.82. The molecule has 0 radical (unpaired) electrons. The van der Waals surface area contributed by atoms with Crippen LogP contribution in [-0.2, 0) is 26.4 Å². The third kappa shape index (κ3) is 4.04. The monoisotopic (exact) mass is 489 g/mol. The number of imidazole rings is 1. The summed E-state index contributed by atoms with van der Waals surface area (Å²) in [6, 6.07) is 3.04. The van der Waals surface area contributed by atoms with E-state index in [4.69, 9.17) is 4.74 Å². The number of alkyl halides is 3. The third-order valence-corrected chi connectivity index (χ3v) is 8.54. The first-order chi connectivity index (χ1) is 14.6. The molecular formula is C20H22F3N3O4S2. The summed E-state index contributed by atoms with van der Waals surface area (Å²) in [4.78, 5) is 4.06. The summed E-state index contributed by atoms with van der Waals surface area (Å²) in [7, 11) is -4.28. The molecule has 1 N–H and O–H groups in total. The highest BCUT2D eigenvalue weighted by Crippen LogP contribution is 2.40. The lowest BCUT2D eigenvalue weighted by Gasteiger charge is -2.37. The molecule has 3 heterocycles. The second kappa shape index (κ2) is 7.24. The topological polar surface area (TPSA) is 93.8 Å². The molecular weight excluding hydrogens is 467 g/mol. The van der Waals surface area contributed by atoms with Gasteiger partial charge in [0.1, 0.15) is 10.6 Å². The first-order valence-corrected chi connectivity index (χ1v) is 12.2. The lowest BCUT2D eigenvalue weighted by atomic mass is 9.92. The maximum absolute atomic E-state index is 13.7. The number of benzene rings is 1. The minimum atomic E-state index is -4.84. The fourth-order valence-electron chi connectivity index (χ4n) is 3.66. The van der Waals surface area contributed by atoms with Crippen LogP contribution in [0.2, 0.25) is 0 Å². The molecule has 4 rings (SSSR count). The number of sulfone groups is 1. The number of ether oxygens (including phenoxy) is 1. The van der Waals surface area contributed by atoms with Gasteiger partial charge in [0.25, 0.3) is 0 Å². The van der Waals surface area contributed by atoms with Crippen LogP contribution in [0.3, 0.4) is 0 Å². The van der Waals surface area contributed by atoms with E-state index in [1.54, 1.807) is 27.7 Å².